The fourth-order valence-electron chi connectivity index (χ4n) is 3.50. The smallest absolute Gasteiger partial charge is 0.226 e. The van der Waals surface area contributed by atoms with Gasteiger partial charge in [-0.3, -0.25) is 4.79 Å². The van der Waals surface area contributed by atoms with Gasteiger partial charge in [0.15, 0.2) is 0 Å². The molecular weight excluding hydrogens is 312 g/mol. The molecule has 1 saturated heterocycles. The number of amides is 1. The molecule has 132 valence electrons. The quantitative estimate of drug-likeness (QED) is 0.881. The molecule has 0 aliphatic carbocycles. The number of carbonyl (C=O) groups is 1. The number of piperidine rings is 1. The zero-order valence-electron chi connectivity index (χ0n) is 14.7. The third kappa shape index (κ3) is 4.40. The van der Waals surface area contributed by atoms with Crippen LogP contribution in [0.15, 0.2) is 54.6 Å². The molecule has 25 heavy (non-hydrogen) atoms. The maximum Gasteiger partial charge on any atom is 0.226 e. The Labute approximate surface area is 149 Å². The first-order valence-corrected chi connectivity index (χ1v) is 8.86. The molecule has 2 aromatic rings. The average molecular weight is 338 g/mol. The highest BCUT2D eigenvalue weighted by molar-refractivity contribution is 5.83. The summed E-state index contributed by atoms with van der Waals surface area (Å²) in [4.78, 5) is 15.4. The van der Waals surface area contributed by atoms with E-state index in [9.17, 15) is 9.90 Å². The number of phenols is 1. The molecule has 1 aliphatic rings. The van der Waals surface area contributed by atoms with Crippen LogP contribution in [0.3, 0.4) is 0 Å². The molecule has 1 aliphatic heterocycles. The number of hydrogen-bond acceptors (Lipinski definition) is 3. The van der Waals surface area contributed by atoms with Crippen molar-refractivity contribution in [3.8, 4) is 5.75 Å². The van der Waals surface area contributed by atoms with Gasteiger partial charge < -0.3 is 15.3 Å². The van der Waals surface area contributed by atoms with E-state index in [1.165, 1.54) is 5.56 Å². The van der Waals surface area contributed by atoms with E-state index in [0.717, 1.165) is 37.9 Å². The number of nitrogens with zero attached hydrogens (tertiary/aromatic N) is 1. The Morgan fingerprint density at radius 1 is 1.04 bits per heavy atom. The van der Waals surface area contributed by atoms with Crippen LogP contribution in [-0.2, 0) is 17.8 Å². The summed E-state index contributed by atoms with van der Waals surface area (Å²) in [6.07, 6.45) is 2.53. The van der Waals surface area contributed by atoms with Crippen molar-refractivity contribution < 1.29 is 9.90 Å². The van der Waals surface area contributed by atoms with Crippen molar-refractivity contribution in [3.63, 3.8) is 0 Å². The number of rotatable bonds is 5. The van der Waals surface area contributed by atoms with Gasteiger partial charge >= 0.3 is 0 Å². The maximum atomic E-state index is 13.1. The van der Waals surface area contributed by atoms with Crippen LogP contribution < -0.4 is 5.32 Å². The lowest BCUT2D eigenvalue weighted by Crippen LogP contribution is -2.49. The van der Waals surface area contributed by atoms with Gasteiger partial charge in [-0.25, -0.2) is 0 Å². The summed E-state index contributed by atoms with van der Waals surface area (Å²) in [5.74, 6) is 0.378. The van der Waals surface area contributed by atoms with Crippen molar-refractivity contribution in [2.24, 2.45) is 5.41 Å². The van der Waals surface area contributed by atoms with E-state index in [1.807, 2.05) is 30.3 Å². The van der Waals surface area contributed by atoms with Crippen molar-refractivity contribution in [1.82, 2.24) is 10.2 Å². The lowest BCUT2D eigenvalue weighted by atomic mass is 9.73. The van der Waals surface area contributed by atoms with Gasteiger partial charge in [-0.1, -0.05) is 42.5 Å². The van der Waals surface area contributed by atoms with Crippen LogP contribution in [0.25, 0.3) is 0 Å². The molecule has 0 spiro atoms. The van der Waals surface area contributed by atoms with E-state index < -0.39 is 0 Å². The van der Waals surface area contributed by atoms with Gasteiger partial charge in [-0.15, -0.1) is 0 Å². The van der Waals surface area contributed by atoms with Gasteiger partial charge in [-0.05, 0) is 62.7 Å². The Morgan fingerprint density at radius 3 is 2.32 bits per heavy atom. The highest BCUT2D eigenvalue weighted by atomic mass is 16.3. The highest BCUT2D eigenvalue weighted by Gasteiger charge is 2.40. The van der Waals surface area contributed by atoms with E-state index in [1.54, 1.807) is 12.1 Å². The summed E-state index contributed by atoms with van der Waals surface area (Å²) in [6, 6.07) is 17.3. The first kappa shape index (κ1) is 17.5. The molecule has 1 amide bonds. The summed E-state index contributed by atoms with van der Waals surface area (Å²) in [7, 11) is 2.11. The van der Waals surface area contributed by atoms with Gasteiger partial charge in [0.2, 0.25) is 5.91 Å². The molecule has 2 aromatic carbocycles. The number of nitrogens with one attached hydrogen (secondary N) is 1. The lowest BCUT2D eigenvalue weighted by molar-refractivity contribution is -0.134. The van der Waals surface area contributed by atoms with Crippen LogP contribution in [-0.4, -0.2) is 36.1 Å². The highest BCUT2D eigenvalue weighted by Crippen LogP contribution is 2.35. The van der Waals surface area contributed by atoms with E-state index in [2.05, 4.69) is 29.4 Å². The number of benzene rings is 2. The molecule has 4 nitrogen and oxygen atoms in total. The fourth-order valence-corrected chi connectivity index (χ4v) is 3.50. The molecular formula is C21H26N2O2. The summed E-state index contributed by atoms with van der Waals surface area (Å²) < 4.78 is 0. The molecule has 3 rings (SSSR count). The molecule has 1 heterocycles. The van der Waals surface area contributed by atoms with Crippen molar-refractivity contribution in [3.05, 3.63) is 65.7 Å². The summed E-state index contributed by atoms with van der Waals surface area (Å²) >= 11 is 0. The predicted molar refractivity (Wildman–Crippen MR) is 99.3 cm³/mol. The molecule has 0 bridgehead atoms. The minimum atomic E-state index is -0.342. The average Bonchev–Trinajstić information content (AvgIpc) is 2.64. The van der Waals surface area contributed by atoms with E-state index in [4.69, 9.17) is 0 Å². The molecule has 0 atom stereocenters. The zero-order chi connectivity index (χ0) is 17.7. The normalized spacial score (nSPS) is 17.2. The second-order valence-corrected chi connectivity index (χ2v) is 7.10. The van der Waals surface area contributed by atoms with Gasteiger partial charge in [0.1, 0.15) is 5.75 Å². The topological polar surface area (TPSA) is 52.6 Å². The Kier molecular flexibility index (Phi) is 5.39. The van der Waals surface area contributed by atoms with Crippen LogP contribution in [0.5, 0.6) is 5.75 Å². The van der Waals surface area contributed by atoms with Crippen LogP contribution in [0, 0.1) is 5.41 Å². The molecule has 0 radical (unpaired) electrons. The largest absolute Gasteiger partial charge is 0.508 e. The number of carbonyl (C=O) groups excluding carboxylic acids is 1. The second-order valence-electron chi connectivity index (χ2n) is 7.10. The van der Waals surface area contributed by atoms with Crippen LogP contribution in [0.2, 0.25) is 0 Å². The van der Waals surface area contributed by atoms with Crippen molar-refractivity contribution in [2.75, 3.05) is 20.1 Å². The molecule has 1 fully saturated rings. The number of phenolic OH excluding ortho intramolecular Hbond substituents is 1. The first-order chi connectivity index (χ1) is 12.1. The van der Waals surface area contributed by atoms with Crippen LogP contribution in [0.1, 0.15) is 24.0 Å². The maximum absolute atomic E-state index is 13.1. The van der Waals surface area contributed by atoms with Gasteiger partial charge in [0.05, 0.1) is 5.41 Å². The Hall–Kier alpha value is -2.33. The molecule has 0 aromatic heterocycles. The third-order valence-corrected chi connectivity index (χ3v) is 5.20. The monoisotopic (exact) mass is 338 g/mol. The fraction of sp³-hybridized carbons (Fsp3) is 0.381. The van der Waals surface area contributed by atoms with E-state index in [0.29, 0.717) is 6.54 Å². The van der Waals surface area contributed by atoms with Crippen molar-refractivity contribution in [2.45, 2.75) is 25.8 Å². The minimum absolute atomic E-state index is 0.137. The Bertz CT molecular complexity index is 690. The van der Waals surface area contributed by atoms with Crippen LogP contribution >= 0.6 is 0 Å². The third-order valence-electron chi connectivity index (χ3n) is 5.20. The molecule has 2 N–H and O–H groups in total. The van der Waals surface area contributed by atoms with Crippen LogP contribution in [0.4, 0.5) is 0 Å². The SMILES string of the molecule is CN1CCC(Cc2ccccc2)(C(=O)NCc2ccc(O)cc2)CC1. The predicted octanol–water partition coefficient (Wildman–Crippen LogP) is 2.96. The minimum Gasteiger partial charge on any atom is -0.508 e. The Morgan fingerprint density at radius 2 is 1.68 bits per heavy atom. The van der Waals surface area contributed by atoms with Gasteiger partial charge in [0, 0.05) is 6.54 Å². The standard InChI is InChI=1S/C21H26N2O2/c1-23-13-11-21(12-14-23,15-17-5-3-2-4-6-17)20(25)22-16-18-7-9-19(24)10-8-18/h2-10,24H,11-16H2,1H3,(H,22,25). The van der Waals surface area contributed by atoms with E-state index >= 15 is 0 Å². The molecule has 4 heteroatoms. The number of aromatic hydroxyl groups is 1. The second kappa shape index (κ2) is 7.70. The lowest BCUT2D eigenvalue weighted by Gasteiger charge is -2.39. The van der Waals surface area contributed by atoms with E-state index in [-0.39, 0.29) is 17.1 Å². The number of likely N-dealkylation sites (tertiary alicyclic amines) is 1. The van der Waals surface area contributed by atoms with Gasteiger partial charge in [0.25, 0.3) is 0 Å². The van der Waals surface area contributed by atoms with Gasteiger partial charge in [-0.2, -0.15) is 0 Å². The Balaban J connectivity index is 1.71. The van der Waals surface area contributed by atoms with Crippen molar-refractivity contribution >= 4 is 5.91 Å². The molecule has 0 saturated carbocycles. The summed E-state index contributed by atoms with van der Waals surface area (Å²) in [5, 5.41) is 12.5. The summed E-state index contributed by atoms with van der Waals surface area (Å²) in [5.41, 5.74) is 1.87. The summed E-state index contributed by atoms with van der Waals surface area (Å²) in [6.45, 7) is 2.38. The van der Waals surface area contributed by atoms with Crippen molar-refractivity contribution in [1.29, 1.82) is 0 Å². The molecule has 0 unspecified atom stereocenters. The number of hydrogen-bond donors (Lipinski definition) is 2. The first-order valence-electron chi connectivity index (χ1n) is 8.86. The zero-order valence-corrected chi connectivity index (χ0v) is 14.7.